The van der Waals surface area contributed by atoms with E-state index in [9.17, 15) is 4.79 Å². The Labute approximate surface area is 131 Å². The highest BCUT2D eigenvalue weighted by molar-refractivity contribution is 6.31. The van der Waals surface area contributed by atoms with Gasteiger partial charge in [0.15, 0.2) is 0 Å². The van der Waals surface area contributed by atoms with Gasteiger partial charge in [-0.3, -0.25) is 9.82 Å². The number of benzene rings is 1. The molecule has 5 nitrogen and oxygen atoms in total. The summed E-state index contributed by atoms with van der Waals surface area (Å²) in [6.07, 6.45) is 1.06. The fourth-order valence-electron chi connectivity index (χ4n) is 2.17. The van der Waals surface area contributed by atoms with Gasteiger partial charge in [-0.05, 0) is 35.7 Å². The number of pyridine rings is 1. The number of hydrogen-bond acceptors (Lipinski definition) is 4. The van der Waals surface area contributed by atoms with Crippen molar-refractivity contribution in [2.24, 2.45) is 5.16 Å². The molecule has 22 heavy (non-hydrogen) atoms. The molecule has 1 N–H and O–H groups in total. The Kier molecular flexibility index (Phi) is 3.89. The SMILES string of the molecule is CNC(=O)ON=c1c2cc(Cl)ccc2ccc2ncccc12. The van der Waals surface area contributed by atoms with Gasteiger partial charge in [-0.1, -0.05) is 28.9 Å². The zero-order valence-electron chi connectivity index (χ0n) is 11.7. The lowest BCUT2D eigenvalue weighted by atomic mass is 10.1. The van der Waals surface area contributed by atoms with Crippen LogP contribution < -0.4 is 10.7 Å². The molecule has 3 rings (SSSR count). The summed E-state index contributed by atoms with van der Waals surface area (Å²) in [6, 6.07) is 13.0. The number of halogens is 1. The van der Waals surface area contributed by atoms with E-state index in [2.05, 4.69) is 15.5 Å². The largest absolute Gasteiger partial charge is 0.433 e. The summed E-state index contributed by atoms with van der Waals surface area (Å²) < 4.78 is 0. The van der Waals surface area contributed by atoms with Crippen LogP contribution >= 0.6 is 11.6 Å². The van der Waals surface area contributed by atoms with Crippen LogP contribution in [0.25, 0.3) is 21.7 Å². The monoisotopic (exact) mass is 313 g/mol. The predicted octanol–water partition coefficient (Wildman–Crippen LogP) is 3.21. The second kappa shape index (κ2) is 5.99. The number of carbonyl (C=O) groups excluding carboxylic acids is 1. The number of amides is 1. The summed E-state index contributed by atoms with van der Waals surface area (Å²) in [5.74, 6) is 0. The van der Waals surface area contributed by atoms with E-state index in [1.165, 1.54) is 7.05 Å². The van der Waals surface area contributed by atoms with Gasteiger partial charge in [0.2, 0.25) is 0 Å². The van der Waals surface area contributed by atoms with E-state index < -0.39 is 6.09 Å². The fourth-order valence-corrected chi connectivity index (χ4v) is 2.35. The lowest BCUT2D eigenvalue weighted by molar-refractivity contribution is 0.149. The van der Waals surface area contributed by atoms with Crippen molar-refractivity contribution in [2.75, 3.05) is 7.05 Å². The highest BCUT2D eigenvalue weighted by atomic mass is 35.5. The van der Waals surface area contributed by atoms with Crippen LogP contribution in [0.3, 0.4) is 0 Å². The quantitative estimate of drug-likeness (QED) is 0.554. The van der Waals surface area contributed by atoms with Crippen molar-refractivity contribution >= 4 is 39.4 Å². The maximum absolute atomic E-state index is 11.3. The second-order valence-electron chi connectivity index (χ2n) is 4.57. The Morgan fingerprint density at radius 3 is 2.86 bits per heavy atom. The third-order valence-electron chi connectivity index (χ3n) is 3.21. The topological polar surface area (TPSA) is 63.6 Å². The molecule has 1 amide bonds. The fraction of sp³-hybridized carbons (Fsp3) is 0.0625. The molecule has 0 aliphatic rings. The van der Waals surface area contributed by atoms with Gasteiger partial charge in [-0.15, -0.1) is 0 Å². The van der Waals surface area contributed by atoms with Crippen molar-refractivity contribution in [1.82, 2.24) is 10.3 Å². The molecule has 0 fully saturated rings. The van der Waals surface area contributed by atoms with Gasteiger partial charge in [-0.25, -0.2) is 4.79 Å². The Bertz CT molecular complexity index is 941. The summed E-state index contributed by atoms with van der Waals surface area (Å²) in [7, 11) is 1.47. The Balaban J connectivity index is 2.45. The minimum absolute atomic E-state index is 0.509. The molecule has 110 valence electrons. The van der Waals surface area contributed by atoms with E-state index >= 15 is 0 Å². The van der Waals surface area contributed by atoms with Crippen LogP contribution in [0.1, 0.15) is 0 Å². The molecule has 0 unspecified atom stereocenters. The molecular weight excluding hydrogens is 302 g/mol. The first-order chi connectivity index (χ1) is 10.7. The van der Waals surface area contributed by atoms with Crippen molar-refractivity contribution < 1.29 is 9.63 Å². The van der Waals surface area contributed by atoms with E-state index in [0.717, 1.165) is 21.7 Å². The molecular formula is C16H12ClN3O2. The number of fused-ring (bicyclic) bond motifs is 2. The van der Waals surface area contributed by atoms with Crippen LogP contribution in [-0.4, -0.2) is 18.1 Å². The van der Waals surface area contributed by atoms with Gasteiger partial charge in [0, 0.05) is 29.0 Å². The molecule has 1 heterocycles. The van der Waals surface area contributed by atoms with E-state index in [-0.39, 0.29) is 0 Å². The molecule has 1 aromatic heterocycles. The number of hydrogen-bond donors (Lipinski definition) is 1. The van der Waals surface area contributed by atoms with E-state index in [1.807, 2.05) is 24.3 Å². The van der Waals surface area contributed by atoms with Crippen LogP contribution in [0, 0.1) is 0 Å². The van der Waals surface area contributed by atoms with Crippen molar-refractivity contribution in [3.05, 3.63) is 59.0 Å². The summed E-state index contributed by atoms with van der Waals surface area (Å²) in [6.45, 7) is 0. The maximum Gasteiger partial charge on any atom is 0.433 e. The minimum Gasteiger partial charge on any atom is -0.323 e. The number of nitrogens with zero attached hydrogens (tertiary/aromatic N) is 2. The molecule has 0 spiro atoms. The molecule has 6 heteroatoms. The molecule has 3 aromatic rings. The average Bonchev–Trinajstić information content (AvgIpc) is 2.69. The maximum atomic E-state index is 11.3. The lowest BCUT2D eigenvalue weighted by Gasteiger charge is -1.98. The first kappa shape index (κ1) is 14.3. The highest BCUT2D eigenvalue weighted by Crippen LogP contribution is 2.18. The third kappa shape index (κ3) is 2.71. The first-order valence-electron chi connectivity index (χ1n) is 6.59. The lowest BCUT2D eigenvalue weighted by Crippen LogP contribution is -2.18. The van der Waals surface area contributed by atoms with Gasteiger partial charge in [0.05, 0.1) is 5.52 Å². The molecule has 0 saturated heterocycles. The Hall–Kier alpha value is -2.66. The molecule has 0 aliphatic heterocycles. The van der Waals surface area contributed by atoms with Gasteiger partial charge in [-0.2, -0.15) is 0 Å². The van der Waals surface area contributed by atoms with Crippen LogP contribution in [0.2, 0.25) is 5.02 Å². The first-order valence-corrected chi connectivity index (χ1v) is 6.97. The summed E-state index contributed by atoms with van der Waals surface area (Å²) >= 11 is 6.10. The molecule has 0 atom stereocenters. The average molecular weight is 314 g/mol. The zero-order chi connectivity index (χ0) is 15.5. The normalized spacial score (nSPS) is 11.6. The molecule has 0 bridgehead atoms. The Morgan fingerprint density at radius 2 is 2.05 bits per heavy atom. The van der Waals surface area contributed by atoms with Crippen LogP contribution in [-0.2, 0) is 4.84 Å². The molecule has 2 aromatic carbocycles. The van der Waals surface area contributed by atoms with Gasteiger partial charge < -0.3 is 5.32 Å². The summed E-state index contributed by atoms with van der Waals surface area (Å²) in [5, 5.41) is 9.90. The summed E-state index contributed by atoms with van der Waals surface area (Å²) in [5.41, 5.74) is 0.745. The second-order valence-corrected chi connectivity index (χ2v) is 5.01. The van der Waals surface area contributed by atoms with E-state index in [0.29, 0.717) is 10.4 Å². The molecule has 0 saturated carbocycles. The highest BCUT2D eigenvalue weighted by Gasteiger charge is 2.04. The zero-order valence-corrected chi connectivity index (χ0v) is 12.5. The molecule has 0 radical (unpaired) electrons. The van der Waals surface area contributed by atoms with E-state index in [1.54, 1.807) is 24.4 Å². The number of aromatic nitrogens is 1. The molecule has 0 aliphatic carbocycles. The van der Waals surface area contributed by atoms with Crippen molar-refractivity contribution in [2.45, 2.75) is 0 Å². The minimum atomic E-state index is -0.640. The predicted molar refractivity (Wildman–Crippen MR) is 85.4 cm³/mol. The number of nitrogens with one attached hydrogen (secondary N) is 1. The van der Waals surface area contributed by atoms with Gasteiger partial charge in [0.1, 0.15) is 5.36 Å². The standard InChI is InChI=1S/C16H12ClN3O2/c1-18-16(21)22-20-15-12-3-2-8-19-14(12)7-5-10-4-6-11(17)9-13(10)15/h2-9H,1H3,(H,18,21). The van der Waals surface area contributed by atoms with Gasteiger partial charge >= 0.3 is 6.09 Å². The summed E-state index contributed by atoms with van der Waals surface area (Å²) in [4.78, 5) is 20.5. The van der Waals surface area contributed by atoms with Crippen LogP contribution in [0.15, 0.2) is 53.8 Å². The van der Waals surface area contributed by atoms with Crippen LogP contribution in [0.5, 0.6) is 0 Å². The van der Waals surface area contributed by atoms with Crippen molar-refractivity contribution in [1.29, 1.82) is 0 Å². The number of rotatable bonds is 1. The Morgan fingerprint density at radius 1 is 1.23 bits per heavy atom. The smallest absolute Gasteiger partial charge is 0.323 e. The third-order valence-corrected chi connectivity index (χ3v) is 3.44. The number of carbonyl (C=O) groups is 1. The van der Waals surface area contributed by atoms with Crippen molar-refractivity contribution in [3.8, 4) is 0 Å². The van der Waals surface area contributed by atoms with Gasteiger partial charge in [0.25, 0.3) is 0 Å². The van der Waals surface area contributed by atoms with E-state index in [4.69, 9.17) is 16.4 Å². The van der Waals surface area contributed by atoms with Crippen LogP contribution in [0.4, 0.5) is 4.79 Å². The van der Waals surface area contributed by atoms with Crippen molar-refractivity contribution in [3.63, 3.8) is 0 Å².